The zero-order valence-electron chi connectivity index (χ0n) is 10.5. The van der Waals surface area contributed by atoms with Gasteiger partial charge in [-0.25, -0.2) is 0 Å². The molecule has 0 atom stereocenters. The lowest BCUT2D eigenvalue weighted by Gasteiger charge is -2.20. The van der Waals surface area contributed by atoms with E-state index in [1.165, 1.54) is 76.8 Å². The van der Waals surface area contributed by atoms with Crippen molar-refractivity contribution in [1.82, 2.24) is 0 Å². The van der Waals surface area contributed by atoms with Crippen LogP contribution in [0.15, 0.2) is 0 Å². The Bertz CT molecular complexity index is 127. The minimum absolute atomic E-state index is 1.08. The van der Waals surface area contributed by atoms with E-state index < -0.39 is 0 Å². The summed E-state index contributed by atoms with van der Waals surface area (Å²) in [5.74, 6) is 0. The van der Waals surface area contributed by atoms with Crippen LogP contribution in [0.3, 0.4) is 0 Å². The topological polar surface area (TPSA) is 0 Å². The van der Waals surface area contributed by atoms with Crippen LogP contribution in [0.1, 0.15) is 77.6 Å². The van der Waals surface area contributed by atoms with Crippen LogP contribution >= 0.6 is 8.58 Å². The van der Waals surface area contributed by atoms with E-state index in [0.29, 0.717) is 0 Å². The predicted molar refractivity (Wildman–Crippen MR) is 72.0 cm³/mol. The molecule has 0 unspecified atom stereocenters. The van der Waals surface area contributed by atoms with Gasteiger partial charge in [-0.05, 0) is 31.1 Å². The first kappa shape index (κ1) is 13.5. The van der Waals surface area contributed by atoms with Crippen LogP contribution in [0.2, 0.25) is 0 Å². The van der Waals surface area contributed by atoms with E-state index in [9.17, 15) is 0 Å². The van der Waals surface area contributed by atoms with Crippen molar-refractivity contribution in [2.45, 2.75) is 83.2 Å². The number of hydrogen-bond acceptors (Lipinski definition) is 0. The number of hydrogen-bond donors (Lipinski definition) is 0. The van der Waals surface area contributed by atoms with E-state index in [0.717, 1.165) is 5.66 Å². The summed E-state index contributed by atoms with van der Waals surface area (Å²) in [7, 11) is 1.78. The van der Waals surface area contributed by atoms with E-state index in [4.69, 9.17) is 0 Å². The molecule has 0 heterocycles. The number of unbranched alkanes of at least 4 members (excludes halogenated alkanes) is 5. The van der Waals surface area contributed by atoms with Gasteiger partial charge in [0.25, 0.3) is 0 Å². The van der Waals surface area contributed by atoms with Crippen LogP contribution in [0.25, 0.3) is 0 Å². The van der Waals surface area contributed by atoms with Crippen molar-refractivity contribution in [2.75, 3.05) is 6.16 Å². The van der Waals surface area contributed by atoms with Gasteiger partial charge >= 0.3 is 0 Å². The Labute approximate surface area is 98.4 Å². The Morgan fingerprint density at radius 3 is 2.27 bits per heavy atom. The van der Waals surface area contributed by atoms with Crippen LogP contribution in [0.4, 0.5) is 0 Å². The summed E-state index contributed by atoms with van der Waals surface area (Å²) in [6.07, 6.45) is 17.8. The van der Waals surface area contributed by atoms with E-state index >= 15 is 0 Å². The molecule has 0 aromatic heterocycles. The second kappa shape index (κ2) is 9.64. The SMILES string of the molecule is CCCCCCCC[P]C1CCCCC1. The van der Waals surface area contributed by atoms with Gasteiger partial charge in [0.05, 0.1) is 0 Å². The third-order valence-electron chi connectivity index (χ3n) is 3.47. The van der Waals surface area contributed by atoms with Crippen molar-refractivity contribution in [1.29, 1.82) is 0 Å². The van der Waals surface area contributed by atoms with Crippen LogP contribution in [0, 0.1) is 0 Å². The minimum Gasteiger partial charge on any atom is -0.0775 e. The summed E-state index contributed by atoms with van der Waals surface area (Å²) in [5, 5.41) is 0. The summed E-state index contributed by atoms with van der Waals surface area (Å²) < 4.78 is 0. The molecule has 1 rings (SSSR count). The maximum Gasteiger partial charge on any atom is -0.0170 e. The van der Waals surface area contributed by atoms with E-state index in [1.54, 1.807) is 8.58 Å². The van der Waals surface area contributed by atoms with Gasteiger partial charge in [0.15, 0.2) is 0 Å². The van der Waals surface area contributed by atoms with Gasteiger partial charge in [0.2, 0.25) is 0 Å². The molecule has 89 valence electrons. The van der Waals surface area contributed by atoms with Crippen LogP contribution < -0.4 is 0 Å². The van der Waals surface area contributed by atoms with Gasteiger partial charge in [0.1, 0.15) is 0 Å². The second-order valence-electron chi connectivity index (χ2n) is 4.97. The lowest BCUT2D eigenvalue weighted by Crippen LogP contribution is -2.06. The third kappa shape index (κ3) is 7.34. The molecule has 0 nitrogen and oxygen atoms in total. The Morgan fingerprint density at radius 2 is 1.53 bits per heavy atom. The second-order valence-corrected chi connectivity index (χ2v) is 6.51. The first-order valence-corrected chi connectivity index (χ1v) is 8.25. The molecular formula is C14H28P. The van der Waals surface area contributed by atoms with Crippen LogP contribution in [-0.2, 0) is 0 Å². The molecule has 1 saturated carbocycles. The van der Waals surface area contributed by atoms with Gasteiger partial charge < -0.3 is 0 Å². The van der Waals surface area contributed by atoms with E-state index in [2.05, 4.69) is 6.92 Å². The minimum atomic E-state index is 1.08. The predicted octanol–water partition coefficient (Wildman–Crippen LogP) is 5.63. The van der Waals surface area contributed by atoms with Crippen LogP contribution in [0.5, 0.6) is 0 Å². The molecule has 0 bridgehead atoms. The fraction of sp³-hybridized carbons (Fsp3) is 1.00. The molecule has 1 aliphatic rings. The molecule has 15 heavy (non-hydrogen) atoms. The third-order valence-corrected chi connectivity index (χ3v) is 5.08. The summed E-state index contributed by atoms with van der Waals surface area (Å²) in [4.78, 5) is 0. The summed E-state index contributed by atoms with van der Waals surface area (Å²) in [5.41, 5.74) is 1.08. The molecule has 1 heteroatoms. The molecule has 1 fully saturated rings. The first-order valence-electron chi connectivity index (χ1n) is 7.10. The highest BCUT2D eigenvalue weighted by molar-refractivity contribution is 7.38. The Balaban J connectivity index is 1.79. The fourth-order valence-corrected chi connectivity index (χ4v) is 3.93. The highest BCUT2D eigenvalue weighted by atomic mass is 31.1. The highest BCUT2D eigenvalue weighted by Gasteiger charge is 2.12. The van der Waals surface area contributed by atoms with Crippen molar-refractivity contribution >= 4 is 8.58 Å². The fourth-order valence-electron chi connectivity index (χ4n) is 2.43. The van der Waals surface area contributed by atoms with Gasteiger partial charge in [-0.1, -0.05) is 66.9 Å². The molecule has 1 radical (unpaired) electrons. The summed E-state index contributed by atoms with van der Waals surface area (Å²) in [6.45, 7) is 2.29. The van der Waals surface area contributed by atoms with E-state index in [1.807, 2.05) is 0 Å². The monoisotopic (exact) mass is 227 g/mol. The summed E-state index contributed by atoms with van der Waals surface area (Å²) in [6, 6.07) is 0. The maximum atomic E-state index is 2.29. The Kier molecular flexibility index (Phi) is 8.67. The normalized spacial score (nSPS) is 19.0. The Hall–Kier alpha value is 0.430. The largest absolute Gasteiger partial charge is 0.0775 e. The zero-order valence-corrected chi connectivity index (χ0v) is 11.4. The molecule has 1 aliphatic carbocycles. The summed E-state index contributed by atoms with van der Waals surface area (Å²) >= 11 is 0. The van der Waals surface area contributed by atoms with Crippen molar-refractivity contribution in [2.24, 2.45) is 0 Å². The smallest absolute Gasteiger partial charge is 0.0170 e. The standard InChI is InChI=1S/C14H28P/c1-2-3-4-5-6-10-13-15-14-11-8-7-9-12-14/h14H,2-13H2,1H3. The molecular weight excluding hydrogens is 199 g/mol. The number of rotatable bonds is 8. The van der Waals surface area contributed by atoms with Crippen LogP contribution in [-0.4, -0.2) is 11.8 Å². The van der Waals surface area contributed by atoms with Crippen molar-refractivity contribution in [3.63, 3.8) is 0 Å². The Morgan fingerprint density at radius 1 is 0.867 bits per heavy atom. The maximum absolute atomic E-state index is 2.29. The van der Waals surface area contributed by atoms with Gasteiger partial charge in [-0.3, -0.25) is 0 Å². The quantitative estimate of drug-likeness (QED) is 0.372. The lowest BCUT2D eigenvalue weighted by atomic mass is 10.0. The van der Waals surface area contributed by atoms with Crippen molar-refractivity contribution < 1.29 is 0 Å². The average Bonchev–Trinajstić information content (AvgIpc) is 2.29. The van der Waals surface area contributed by atoms with Crippen molar-refractivity contribution in [3.05, 3.63) is 0 Å². The lowest BCUT2D eigenvalue weighted by molar-refractivity contribution is 0.512. The first-order chi connectivity index (χ1) is 7.43. The molecule has 0 aliphatic heterocycles. The van der Waals surface area contributed by atoms with Gasteiger partial charge in [0, 0.05) is 0 Å². The molecule has 0 N–H and O–H groups in total. The highest BCUT2D eigenvalue weighted by Crippen LogP contribution is 2.33. The average molecular weight is 227 g/mol. The van der Waals surface area contributed by atoms with Crippen molar-refractivity contribution in [3.8, 4) is 0 Å². The molecule has 0 saturated heterocycles. The molecule has 0 spiro atoms. The van der Waals surface area contributed by atoms with Gasteiger partial charge in [-0.2, -0.15) is 0 Å². The van der Waals surface area contributed by atoms with Gasteiger partial charge in [-0.15, -0.1) is 0 Å². The molecule has 0 aromatic rings. The van der Waals surface area contributed by atoms with E-state index in [-0.39, 0.29) is 0 Å². The molecule has 0 aromatic carbocycles. The molecule has 0 amide bonds. The zero-order chi connectivity index (χ0) is 10.8.